The molecule has 3 rings (SSSR count). The van der Waals surface area contributed by atoms with Crippen molar-refractivity contribution >= 4 is 27.6 Å². The van der Waals surface area contributed by atoms with E-state index in [1.165, 1.54) is 6.92 Å². The summed E-state index contributed by atoms with van der Waals surface area (Å²) in [4.78, 5) is 18.3. The van der Waals surface area contributed by atoms with Gasteiger partial charge in [-0.05, 0) is 13.0 Å². The van der Waals surface area contributed by atoms with E-state index in [1.54, 1.807) is 6.20 Å². The van der Waals surface area contributed by atoms with Gasteiger partial charge in [-0.25, -0.2) is 4.98 Å². The van der Waals surface area contributed by atoms with Gasteiger partial charge in [0.1, 0.15) is 6.61 Å². The lowest BCUT2D eigenvalue weighted by molar-refractivity contribution is -0.119. The molecule has 4 nitrogen and oxygen atoms in total. The Morgan fingerprint density at radius 3 is 2.94 bits per heavy atom. The largest absolute Gasteiger partial charge is 0.470 e. The third-order valence-corrected chi connectivity index (χ3v) is 2.79. The number of carbonyl (C=O) groups is 1. The fourth-order valence-corrected chi connectivity index (χ4v) is 1.99. The Balaban J connectivity index is 2.09. The number of aromatic nitrogens is 2. The summed E-state index contributed by atoms with van der Waals surface area (Å²) in [6.45, 7) is 1.55. The van der Waals surface area contributed by atoms with Crippen LogP contribution in [0, 0.1) is 0 Å². The number of Topliss-reactive ketones (excluding diaryl/α,β-unsaturated/α-hetero) is 1. The number of rotatable bonds is 3. The summed E-state index contributed by atoms with van der Waals surface area (Å²) in [5.74, 6) is 0.457. The van der Waals surface area contributed by atoms with Crippen molar-refractivity contribution in [2.45, 2.75) is 6.92 Å². The highest BCUT2D eigenvalue weighted by atomic mass is 16.5. The van der Waals surface area contributed by atoms with E-state index in [-0.39, 0.29) is 12.4 Å². The highest BCUT2D eigenvalue weighted by Crippen LogP contribution is 2.26. The number of hydrogen-bond donors (Lipinski definition) is 1. The Bertz CT molecular complexity index is 731. The number of benzene rings is 1. The number of pyridine rings is 1. The Hall–Kier alpha value is -2.36. The molecule has 0 saturated heterocycles. The molecule has 0 saturated carbocycles. The van der Waals surface area contributed by atoms with Crippen molar-refractivity contribution in [1.82, 2.24) is 9.97 Å². The number of nitrogens with one attached hydrogen (secondary N) is 1. The number of ketones is 1. The second kappa shape index (κ2) is 4.14. The maximum Gasteiger partial charge on any atom is 0.214 e. The van der Waals surface area contributed by atoms with E-state index in [9.17, 15) is 4.79 Å². The lowest BCUT2D eigenvalue weighted by atomic mass is 10.2. The minimum absolute atomic E-state index is 0.0178. The molecule has 90 valence electrons. The molecule has 2 heterocycles. The highest BCUT2D eigenvalue weighted by Gasteiger charge is 2.06. The molecule has 1 N–H and O–H groups in total. The molecule has 0 radical (unpaired) electrons. The van der Waals surface area contributed by atoms with Crippen molar-refractivity contribution in [2.24, 2.45) is 0 Å². The molecular weight excluding hydrogens is 228 g/mol. The van der Waals surface area contributed by atoms with Crippen LogP contribution < -0.4 is 4.74 Å². The van der Waals surface area contributed by atoms with Gasteiger partial charge in [-0.15, -0.1) is 0 Å². The molecular formula is C14H12N2O2. The van der Waals surface area contributed by atoms with Crippen LogP contribution in [0.25, 0.3) is 21.8 Å². The minimum atomic E-state index is -0.0178. The molecule has 0 amide bonds. The first kappa shape index (κ1) is 10.8. The average molecular weight is 240 g/mol. The summed E-state index contributed by atoms with van der Waals surface area (Å²) >= 11 is 0. The van der Waals surface area contributed by atoms with Crippen LogP contribution in [0.4, 0.5) is 0 Å². The van der Waals surface area contributed by atoms with Crippen LogP contribution in [0.15, 0.2) is 36.5 Å². The van der Waals surface area contributed by atoms with Crippen LogP contribution in [-0.2, 0) is 4.79 Å². The van der Waals surface area contributed by atoms with E-state index in [1.807, 2.05) is 30.3 Å². The first-order chi connectivity index (χ1) is 8.74. The summed E-state index contributed by atoms with van der Waals surface area (Å²) < 4.78 is 5.32. The molecule has 2 aromatic heterocycles. The molecule has 0 bridgehead atoms. The zero-order valence-corrected chi connectivity index (χ0v) is 9.93. The van der Waals surface area contributed by atoms with Gasteiger partial charge < -0.3 is 9.72 Å². The van der Waals surface area contributed by atoms with Crippen molar-refractivity contribution < 1.29 is 9.53 Å². The lowest BCUT2D eigenvalue weighted by Crippen LogP contribution is -2.07. The number of fused-ring (bicyclic) bond motifs is 3. The topological polar surface area (TPSA) is 55.0 Å². The second-order valence-electron chi connectivity index (χ2n) is 4.23. The van der Waals surface area contributed by atoms with Crippen molar-refractivity contribution in [3.8, 4) is 5.88 Å². The molecule has 0 aliphatic heterocycles. The van der Waals surface area contributed by atoms with E-state index in [0.717, 1.165) is 21.8 Å². The number of ether oxygens (including phenoxy) is 1. The molecule has 1 aromatic carbocycles. The molecule has 0 aliphatic rings. The quantitative estimate of drug-likeness (QED) is 0.765. The predicted molar refractivity (Wildman–Crippen MR) is 69.8 cm³/mol. The van der Waals surface area contributed by atoms with E-state index in [4.69, 9.17) is 4.74 Å². The van der Waals surface area contributed by atoms with E-state index in [0.29, 0.717) is 5.88 Å². The number of hydrogen-bond acceptors (Lipinski definition) is 3. The predicted octanol–water partition coefficient (Wildman–Crippen LogP) is 2.68. The van der Waals surface area contributed by atoms with Gasteiger partial charge >= 0.3 is 0 Å². The highest BCUT2D eigenvalue weighted by molar-refractivity contribution is 6.07. The van der Waals surface area contributed by atoms with Crippen molar-refractivity contribution in [3.63, 3.8) is 0 Å². The van der Waals surface area contributed by atoms with Crippen molar-refractivity contribution in [3.05, 3.63) is 36.5 Å². The number of para-hydroxylation sites is 1. The van der Waals surface area contributed by atoms with Gasteiger partial charge in [0.25, 0.3) is 0 Å². The zero-order chi connectivity index (χ0) is 12.5. The third-order valence-electron chi connectivity index (χ3n) is 2.79. The van der Waals surface area contributed by atoms with Gasteiger partial charge in [0.05, 0.1) is 11.7 Å². The van der Waals surface area contributed by atoms with Gasteiger partial charge in [0.2, 0.25) is 5.88 Å². The normalized spacial score (nSPS) is 10.9. The summed E-state index contributed by atoms with van der Waals surface area (Å²) in [5.41, 5.74) is 2.03. The van der Waals surface area contributed by atoms with Gasteiger partial charge in [-0.3, -0.25) is 4.79 Å². The van der Waals surface area contributed by atoms with Gasteiger partial charge in [0, 0.05) is 22.4 Å². The first-order valence-electron chi connectivity index (χ1n) is 5.73. The average Bonchev–Trinajstić information content (AvgIpc) is 2.74. The molecule has 0 spiro atoms. The maximum absolute atomic E-state index is 10.9. The molecule has 0 unspecified atom stereocenters. The Labute approximate surface area is 104 Å². The molecule has 18 heavy (non-hydrogen) atoms. The summed E-state index contributed by atoms with van der Waals surface area (Å²) in [6, 6.07) is 9.90. The van der Waals surface area contributed by atoms with Gasteiger partial charge in [-0.2, -0.15) is 0 Å². The first-order valence-corrected chi connectivity index (χ1v) is 5.73. The fourth-order valence-electron chi connectivity index (χ4n) is 1.99. The van der Waals surface area contributed by atoms with E-state index in [2.05, 4.69) is 9.97 Å². The summed E-state index contributed by atoms with van der Waals surface area (Å²) in [6.07, 6.45) is 1.73. The standard InChI is InChI=1S/C14H12N2O2/c1-9(17)8-18-14-6-11-10-4-2-3-5-12(10)16-13(11)7-15-14/h2-7,16H,8H2,1H3. The SMILES string of the molecule is CC(=O)COc1cc2c(cn1)[nH]c1ccccc12. The number of aromatic amines is 1. The fraction of sp³-hybridized carbons (Fsp3) is 0.143. The smallest absolute Gasteiger partial charge is 0.214 e. The van der Waals surface area contributed by atoms with Crippen LogP contribution in [0.1, 0.15) is 6.92 Å². The lowest BCUT2D eigenvalue weighted by Gasteiger charge is -2.02. The Kier molecular flexibility index (Phi) is 2.48. The van der Waals surface area contributed by atoms with E-state index < -0.39 is 0 Å². The molecule has 0 atom stereocenters. The summed E-state index contributed by atoms with van der Waals surface area (Å²) in [7, 11) is 0. The molecule has 3 aromatic rings. The second-order valence-corrected chi connectivity index (χ2v) is 4.23. The maximum atomic E-state index is 10.9. The van der Waals surface area contributed by atoms with Gasteiger partial charge in [0.15, 0.2) is 5.78 Å². The Morgan fingerprint density at radius 2 is 2.11 bits per heavy atom. The van der Waals surface area contributed by atoms with Crippen molar-refractivity contribution in [2.75, 3.05) is 6.61 Å². The van der Waals surface area contributed by atoms with Crippen LogP contribution in [-0.4, -0.2) is 22.4 Å². The molecule has 0 fully saturated rings. The number of H-pyrrole nitrogens is 1. The van der Waals surface area contributed by atoms with Crippen molar-refractivity contribution in [1.29, 1.82) is 0 Å². The monoisotopic (exact) mass is 240 g/mol. The molecule has 4 heteroatoms. The third kappa shape index (κ3) is 1.82. The van der Waals surface area contributed by atoms with Crippen LogP contribution in [0.3, 0.4) is 0 Å². The van der Waals surface area contributed by atoms with Crippen LogP contribution >= 0.6 is 0 Å². The zero-order valence-electron chi connectivity index (χ0n) is 9.93. The number of carbonyl (C=O) groups excluding carboxylic acids is 1. The molecule has 0 aliphatic carbocycles. The van der Waals surface area contributed by atoms with Gasteiger partial charge in [-0.1, -0.05) is 18.2 Å². The summed E-state index contributed by atoms with van der Waals surface area (Å²) in [5, 5.41) is 2.18. The minimum Gasteiger partial charge on any atom is -0.470 e. The van der Waals surface area contributed by atoms with Crippen LogP contribution in [0.5, 0.6) is 5.88 Å². The van der Waals surface area contributed by atoms with E-state index >= 15 is 0 Å². The van der Waals surface area contributed by atoms with Crippen LogP contribution in [0.2, 0.25) is 0 Å². The Morgan fingerprint density at radius 1 is 1.28 bits per heavy atom. The number of nitrogens with zero attached hydrogens (tertiary/aromatic N) is 1.